The molecule has 0 aliphatic carbocycles. The molecule has 17 heavy (non-hydrogen) atoms. The summed E-state index contributed by atoms with van der Waals surface area (Å²) in [5.41, 5.74) is 0. The van der Waals surface area contributed by atoms with Gasteiger partial charge >= 0.3 is 0 Å². The van der Waals surface area contributed by atoms with Crippen LogP contribution < -0.4 is 0 Å². The van der Waals surface area contributed by atoms with E-state index in [9.17, 15) is 0 Å². The summed E-state index contributed by atoms with van der Waals surface area (Å²) in [5, 5.41) is 17.6. The lowest BCUT2D eigenvalue weighted by molar-refractivity contribution is 0.567. The van der Waals surface area contributed by atoms with Crippen LogP contribution in [0, 0.1) is 11.3 Å². The molecular formula is C11H12N4OS. The Kier molecular flexibility index (Phi) is 3.49. The smallest absolute Gasteiger partial charge is 0.200 e. The Bertz CT molecular complexity index is 526. The lowest BCUT2D eigenvalue weighted by Crippen LogP contribution is -2.01. The molecular weight excluding hydrogens is 236 g/mol. The number of rotatable bonds is 4. The number of hydrogen-bond donors (Lipinski definition) is 0. The van der Waals surface area contributed by atoms with Gasteiger partial charge in [-0.05, 0) is 26.0 Å². The average Bonchev–Trinajstić information content (AvgIpc) is 2.96. The summed E-state index contributed by atoms with van der Waals surface area (Å²) >= 11 is 1.40. The zero-order valence-corrected chi connectivity index (χ0v) is 10.4. The number of furan rings is 1. The normalized spacial score (nSPS) is 12.3. The minimum atomic E-state index is -0.144. The van der Waals surface area contributed by atoms with Crippen molar-refractivity contribution in [1.82, 2.24) is 14.8 Å². The number of hydrogen-bond acceptors (Lipinski definition) is 5. The minimum absolute atomic E-state index is 0.144. The Morgan fingerprint density at radius 3 is 3.00 bits per heavy atom. The molecule has 0 saturated carbocycles. The van der Waals surface area contributed by atoms with Gasteiger partial charge in [0.25, 0.3) is 0 Å². The monoisotopic (exact) mass is 248 g/mol. The van der Waals surface area contributed by atoms with Crippen molar-refractivity contribution in [3.05, 3.63) is 18.4 Å². The highest BCUT2D eigenvalue weighted by atomic mass is 32.2. The van der Waals surface area contributed by atoms with Crippen LogP contribution in [0.1, 0.15) is 13.8 Å². The minimum Gasteiger partial charge on any atom is -0.461 e. The molecule has 0 aliphatic rings. The molecule has 0 amide bonds. The van der Waals surface area contributed by atoms with E-state index in [1.54, 1.807) is 6.26 Å². The largest absolute Gasteiger partial charge is 0.461 e. The van der Waals surface area contributed by atoms with Crippen LogP contribution in [0.3, 0.4) is 0 Å². The second-order valence-corrected chi connectivity index (χ2v) is 4.72. The van der Waals surface area contributed by atoms with Crippen molar-refractivity contribution in [1.29, 1.82) is 5.26 Å². The Morgan fingerprint density at radius 1 is 1.59 bits per heavy atom. The Morgan fingerprint density at radius 2 is 2.41 bits per heavy atom. The Balaban J connectivity index is 2.34. The molecule has 2 aromatic rings. The van der Waals surface area contributed by atoms with E-state index in [1.807, 2.05) is 30.5 Å². The van der Waals surface area contributed by atoms with E-state index < -0.39 is 0 Å². The maximum Gasteiger partial charge on any atom is 0.200 e. The van der Waals surface area contributed by atoms with Gasteiger partial charge in [0.2, 0.25) is 0 Å². The fourth-order valence-corrected chi connectivity index (χ4v) is 2.23. The first-order valence-corrected chi connectivity index (χ1v) is 6.17. The van der Waals surface area contributed by atoms with E-state index in [0.717, 1.165) is 11.7 Å². The average molecular weight is 248 g/mol. The van der Waals surface area contributed by atoms with Gasteiger partial charge in [0.15, 0.2) is 16.7 Å². The van der Waals surface area contributed by atoms with E-state index in [1.165, 1.54) is 11.8 Å². The van der Waals surface area contributed by atoms with Gasteiger partial charge in [-0.2, -0.15) is 5.26 Å². The highest BCUT2D eigenvalue weighted by Crippen LogP contribution is 2.26. The van der Waals surface area contributed by atoms with Gasteiger partial charge in [0.05, 0.1) is 17.6 Å². The predicted octanol–water partition coefficient (Wildman–Crippen LogP) is 2.56. The van der Waals surface area contributed by atoms with Gasteiger partial charge in [-0.15, -0.1) is 10.2 Å². The van der Waals surface area contributed by atoms with Gasteiger partial charge in [0, 0.05) is 6.54 Å². The summed E-state index contributed by atoms with van der Waals surface area (Å²) in [6, 6.07) is 5.83. The van der Waals surface area contributed by atoms with Gasteiger partial charge in [0.1, 0.15) is 0 Å². The first-order chi connectivity index (χ1) is 8.26. The van der Waals surface area contributed by atoms with Gasteiger partial charge in [-0.1, -0.05) is 11.8 Å². The molecule has 1 atom stereocenters. The number of nitrogens with zero attached hydrogens (tertiary/aromatic N) is 4. The maximum absolute atomic E-state index is 8.80. The van der Waals surface area contributed by atoms with E-state index in [2.05, 4.69) is 16.3 Å². The molecule has 0 bridgehead atoms. The van der Waals surface area contributed by atoms with Gasteiger partial charge in [-0.25, -0.2) is 0 Å². The van der Waals surface area contributed by atoms with Crippen LogP contribution in [0.5, 0.6) is 0 Å². The van der Waals surface area contributed by atoms with Crippen molar-refractivity contribution in [2.45, 2.75) is 30.8 Å². The van der Waals surface area contributed by atoms with Crippen LogP contribution in [-0.4, -0.2) is 20.0 Å². The third kappa shape index (κ3) is 2.34. The molecule has 1 unspecified atom stereocenters. The standard InChI is InChI=1S/C11H12N4OS/c1-3-15-10(9-5-4-6-16-9)13-14-11(15)17-8(2)7-12/h4-6,8H,3H2,1-2H3. The zero-order chi connectivity index (χ0) is 12.3. The highest BCUT2D eigenvalue weighted by molar-refractivity contribution is 8.00. The van der Waals surface area contributed by atoms with E-state index in [0.29, 0.717) is 11.6 Å². The summed E-state index contributed by atoms with van der Waals surface area (Å²) in [5.74, 6) is 1.39. The van der Waals surface area contributed by atoms with Crippen molar-refractivity contribution in [2.24, 2.45) is 0 Å². The first kappa shape index (κ1) is 11.7. The predicted molar refractivity (Wildman–Crippen MR) is 64.3 cm³/mol. The first-order valence-electron chi connectivity index (χ1n) is 5.29. The third-order valence-electron chi connectivity index (χ3n) is 2.24. The van der Waals surface area contributed by atoms with Crippen LogP contribution in [0.15, 0.2) is 28.0 Å². The summed E-state index contributed by atoms with van der Waals surface area (Å²) in [7, 11) is 0. The molecule has 2 heterocycles. The summed E-state index contributed by atoms with van der Waals surface area (Å²) in [6.45, 7) is 4.59. The zero-order valence-electron chi connectivity index (χ0n) is 9.62. The van der Waals surface area contributed by atoms with Crippen molar-refractivity contribution < 1.29 is 4.42 Å². The molecule has 0 radical (unpaired) electrons. The lowest BCUT2D eigenvalue weighted by atomic mass is 10.4. The van der Waals surface area contributed by atoms with Crippen LogP contribution in [0.25, 0.3) is 11.6 Å². The van der Waals surface area contributed by atoms with Crippen LogP contribution in [0.2, 0.25) is 0 Å². The summed E-state index contributed by atoms with van der Waals surface area (Å²) < 4.78 is 7.25. The van der Waals surface area contributed by atoms with Crippen LogP contribution >= 0.6 is 11.8 Å². The van der Waals surface area contributed by atoms with Crippen molar-refractivity contribution >= 4 is 11.8 Å². The van der Waals surface area contributed by atoms with E-state index in [4.69, 9.17) is 9.68 Å². The molecule has 0 spiro atoms. The molecule has 2 aromatic heterocycles. The second-order valence-electron chi connectivity index (χ2n) is 3.42. The third-order valence-corrected chi connectivity index (χ3v) is 3.21. The summed E-state index contributed by atoms with van der Waals surface area (Å²) in [4.78, 5) is 0. The van der Waals surface area contributed by atoms with E-state index >= 15 is 0 Å². The van der Waals surface area contributed by atoms with E-state index in [-0.39, 0.29) is 5.25 Å². The SMILES string of the molecule is CCn1c(SC(C)C#N)nnc1-c1ccco1. The molecule has 88 valence electrons. The maximum atomic E-state index is 8.80. The summed E-state index contributed by atoms with van der Waals surface area (Å²) in [6.07, 6.45) is 1.61. The molecule has 0 aliphatic heterocycles. The molecule has 0 saturated heterocycles. The molecule has 2 rings (SSSR count). The molecule has 0 fully saturated rings. The molecule has 0 aromatic carbocycles. The number of aromatic nitrogens is 3. The highest BCUT2D eigenvalue weighted by Gasteiger charge is 2.16. The van der Waals surface area contributed by atoms with Gasteiger partial charge < -0.3 is 4.42 Å². The van der Waals surface area contributed by atoms with Crippen molar-refractivity contribution in [3.63, 3.8) is 0 Å². The quantitative estimate of drug-likeness (QED) is 0.778. The number of thioether (sulfide) groups is 1. The fraction of sp³-hybridized carbons (Fsp3) is 0.364. The molecule has 0 N–H and O–H groups in total. The number of nitriles is 1. The topological polar surface area (TPSA) is 67.6 Å². The fourth-order valence-electron chi connectivity index (χ4n) is 1.43. The second kappa shape index (κ2) is 5.06. The van der Waals surface area contributed by atoms with Gasteiger partial charge in [-0.3, -0.25) is 4.57 Å². The lowest BCUT2D eigenvalue weighted by Gasteiger charge is -2.05. The molecule has 5 nitrogen and oxygen atoms in total. The van der Waals surface area contributed by atoms with Crippen LogP contribution in [-0.2, 0) is 6.54 Å². The Hall–Kier alpha value is -1.74. The van der Waals surface area contributed by atoms with Crippen molar-refractivity contribution in [2.75, 3.05) is 0 Å². The Labute approximate surface area is 103 Å². The van der Waals surface area contributed by atoms with Crippen LogP contribution in [0.4, 0.5) is 0 Å². The van der Waals surface area contributed by atoms with Crippen molar-refractivity contribution in [3.8, 4) is 17.7 Å². The molecule has 6 heteroatoms.